The Hall–Kier alpha value is -1.59. The molecule has 35 heavy (non-hydrogen) atoms. The fourth-order valence-corrected chi connectivity index (χ4v) is 4.72. The number of halogens is 2. The van der Waals surface area contributed by atoms with Crippen LogP contribution in [0.2, 0.25) is 10.0 Å². The Bertz CT molecular complexity index is 1130. The van der Waals surface area contributed by atoms with Crippen molar-refractivity contribution in [2.75, 3.05) is 31.1 Å². The summed E-state index contributed by atoms with van der Waals surface area (Å²) in [5.74, 6) is -0.516. The summed E-state index contributed by atoms with van der Waals surface area (Å²) in [6.45, 7) is 4.32. The van der Waals surface area contributed by atoms with Crippen molar-refractivity contribution in [2.24, 2.45) is 5.73 Å². The molecule has 1 aliphatic rings. The van der Waals surface area contributed by atoms with Gasteiger partial charge in [0.1, 0.15) is 0 Å². The van der Waals surface area contributed by atoms with Gasteiger partial charge in [-0.3, -0.25) is 9.69 Å². The van der Waals surface area contributed by atoms with Crippen molar-refractivity contribution in [2.45, 2.75) is 18.6 Å². The van der Waals surface area contributed by atoms with Gasteiger partial charge in [0, 0.05) is 36.8 Å². The van der Waals surface area contributed by atoms with Gasteiger partial charge in [-0.2, -0.15) is 12.1 Å². The number of carbonyl (C=O) groups excluding carboxylic acids is 1. The maximum absolute atomic E-state index is 11.6. The van der Waals surface area contributed by atoms with Crippen molar-refractivity contribution in [3.05, 3.63) is 101 Å². The summed E-state index contributed by atoms with van der Waals surface area (Å²) in [5, 5.41) is 12.3. The number of aliphatic hydroxyl groups is 1. The van der Waals surface area contributed by atoms with Crippen LogP contribution in [0.15, 0.2) is 60.8 Å². The molecular formula is C26H28Cl2N4O2U. The number of nitrogens with zero attached hydrogens (tertiary/aromatic N) is 3. The van der Waals surface area contributed by atoms with Crippen molar-refractivity contribution < 1.29 is 41.0 Å². The van der Waals surface area contributed by atoms with Crippen LogP contribution in [0.1, 0.15) is 34.5 Å². The molecule has 9 heteroatoms. The summed E-state index contributed by atoms with van der Waals surface area (Å²) in [6.07, 6.45) is 4.39. The van der Waals surface area contributed by atoms with Gasteiger partial charge in [-0.05, 0) is 42.8 Å². The number of β-amino-alcohol motifs (C(OH)–C–C–N with tert-alkyl or cyclic N) is 1. The second-order valence-corrected chi connectivity index (χ2v) is 9.32. The minimum atomic E-state index is -1.06. The van der Waals surface area contributed by atoms with Crippen molar-refractivity contribution in [3.63, 3.8) is 0 Å². The molecule has 1 saturated heterocycles. The second-order valence-electron chi connectivity index (χ2n) is 8.48. The Morgan fingerprint density at radius 2 is 1.91 bits per heavy atom. The molecule has 1 aliphatic heterocycles. The number of primary amides is 1. The number of pyridine rings is 1. The SMILES string of the molecule is C[C@@](O)(CN1CCN(c2ccc(C(N)=O)cc2Cl)[C@H](c2ccc(Cl)cc2)C1)c1cc[c-]nc1.[CH3-].[U+2]. The van der Waals surface area contributed by atoms with Crippen molar-refractivity contribution in [3.8, 4) is 0 Å². The molecule has 6 nitrogen and oxygen atoms in total. The molecule has 0 saturated carbocycles. The van der Waals surface area contributed by atoms with Gasteiger partial charge in [-0.15, -0.1) is 5.56 Å². The minimum Gasteiger partial charge on any atom is -0.394 e. The van der Waals surface area contributed by atoms with Gasteiger partial charge in [0.25, 0.3) is 0 Å². The molecule has 4 rings (SSSR count). The Kier molecular flexibility index (Phi) is 10.7. The zero-order chi connectivity index (χ0) is 23.6. The summed E-state index contributed by atoms with van der Waals surface area (Å²) in [4.78, 5) is 20.0. The van der Waals surface area contributed by atoms with Gasteiger partial charge in [0.2, 0.25) is 5.91 Å². The Morgan fingerprint density at radius 3 is 2.51 bits per heavy atom. The molecule has 3 aromatic rings. The first-order chi connectivity index (χ1) is 15.7. The predicted molar refractivity (Wildman–Crippen MR) is 137 cm³/mol. The van der Waals surface area contributed by atoms with Crippen LogP contribution in [0.25, 0.3) is 0 Å². The van der Waals surface area contributed by atoms with E-state index in [0.29, 0.717) is 35.2 Å². The number of benzene rings is 2. The quantitative estimate of drug-likeness (QED) is 0.365. The maximum Gasteiger partial charge on any atom is 2.00 e. The summed E-state index contributed by atoms with van der Waals surface area (Å²) >= 11 is 12.7. The van der Waals surface area contributed by atoms with Crippen LogP contribution in [0.4, 0.5) is 5.69 Å². The van der Waals surface area contributed by atoms with E-state index >= 15 is 0 Å². The third-order valence-corrected chi connectivity index (χ3v) is 6.58. The molecule has 182 valence electrons. The van der Waals surface area contributed by atoms with Crippen LogP contribution in [0, 0.1) is 44.7 Å². The van der Waals surface area contributed by atoms with Crippen LogP contribution in [0.3, 0.4) is 0 Å². The number of piperazine rings is 1. The molecule has 0 radical (unpaired) electrons. The summed E-state index contributed by atoms with van der Waals surface area (Å²) in [6, 6.07) is 16.4. The smallest absolute Gasteiger partial charge is 0.394 e. The van der Waals surface area contributed by atoms with Crippen LogP contribution in [-0.2, 0) is 5.60 Å². The van der Waals surface area contributed by atoms with Gasteiger partial charge in [0.05, 0.1) is 22.4 Å². The molecule has 0 spiro atoms. The average molecular weight is 737 g/mol. The number of hydrogen-bond acceptors (Lipinski definition) is 5. The van der Waals surface area contributed by atoms with Gasteiger partial charge in [-0.25, -0.2) is 0 Å². The monoisotopic (exact) mass is 736 g/mol. The Balaban J connectivity index is 0.00000216. The fourth-order valence-electron chi connectivity index (χ4n) is 4.30. The molecule has 0 unspecified atom stereocenters. The number of rotatable bonds is 6. The molecular weight excluding hydrogens is 709 g/mol. The average Bonchev–Trinajstić information content (AvgIpc) is 2.80. The zero-order valence-electron chi connectivity index (χ0n) is 19.7. The normalized spacial score (nSPS) is 17.6. The Labute approximate surface area is 240 Å². The van der Waals surface area contributed by atoms with E-state index in [1.54, 1.807) is 31.3 Å². The topological polar surface area (TPSA) is 82.7 Å². The summed E-state index contributed by atoms with van der Waals surface area (Å²) < 4.78 is 0. The second kappa shape index (κ2) is 12.6. The van der Waals surface area contributed by atoms with Gasteiger partial charge >= 0.3 is 31.1 Å². The number of carbonyl (C=O) groups is 1. The first-order valence-corrected chi connectivity index (χ1v) is 11.4. The van der Waals surface area contributed by atoms with E-state index < -0.39 is 11.5 Å². The molecule has 1 aromatic heterocycles. The molecule has 0 bridgehead atoms. The standard InChI is InChI=1S/C25H25Cl2N4O2.CH3.U/c1-25(33,19-3-2-10-29-14-19)16-30-11-12-31(22-9-6-18(24(28)32)13-21(22)27)23(15-30)17-4-7-20(26)8-5-17;;/h2-9,13-14,23,33H,11-12,15-16H2,1H3,(H2,28,32);1H3;/q2*-1;+2/t23-,25+;;/m0../s1. The van der Waals surface area contributed by atoms with Crippen LogP contribution in [-0.4, -0.2) is 47.1 Å². The van der Waals surface area contributed by atoms with Crippen molar-refractivity contribution in [1.29, 1.82) is 0 Å². The van der Waals surface area contributed by atoms with Crippen LogP contribution in [0.5, 0.6) is 0 Å². The maximum atomic E-state index is 11.6. The van der Waals surface area contributed by atoms with Gasteiger partial charge in [-0.1, -0.05) is 47.7 Å². The van der Waals surface area contributed by atoms with E-state index in [0.717, 1.165) is 23.4 Å². The first-order valence-electron chi connectivity index (χ1n) is 10.6. The van der Waals surface area contributed by atoms with E-state index in [1.807, 2.05) is 36.4 Å². The zero-order valence-corrected chi connectivity index (χ0v) is 25.4. The largest absolute Gasteiger partial charge is 2.00 e. The van der Waals surface area contributed by atoms with E-state index in [2.05, 4.69) is 21.0 Å². The van der Waals surface area contributed by atoms with E-state index in [1.165, 1.54) is 0 Å². The van der Waals surface area contributed by atoms with E-state index in [-0.39, 0.29) is 44.6 Å². The third kappa shape index (κ3) is 7.01. The number of hydrogen-bond donors (Lipinski definition) is 2. The van der Waals surface area contributed by atoms with Crippen molar-refractivity contribution >= 4 is 34.8 Å². The van der Waals surface area contributed by atoms with E-state index in [9.17, 15) is 9.90 Å². The number of amides is 1. The van der Waals surface area contributed by atoms with Crippen LogP contribution >= 0.6 is 23.2 Å². The molecule has 0 aliphatic carbocycles. The first kappa shape index (κ1) is 29.6. The third-order valence-electron chi connectivity index (χ3n) is 6.03. The fraction of sp³-hybridized carbons (Fsp3) is 0.269. The van der Waals surface area contributed by atoms with E-state index in [4.69, 9.17) is 28.9 Å². The number of anilines is 1. The number of nitrogens with two attached hydrogens (primary N) is 1. The molecule has 1 amide bonds. The molecule has 3 N–H and O–H groups in total. The van der Waals surface area contributed by atoms with Crippen molar-refractivity contribution in [1.82, 2.24) is 9.88 Å². The predicted octanol–water partition coefficient (Wildman–Crippen LogP) is 4.51. The molecule has 2 atom stereocenters. The Morgan fingerprint density at radius 1 is 1.20 bits per heavy atom. The molecule has 1 fully saturated rings. The molecule has 2 aromatic carbocycles. The summed E-state index contributed by atoms with van der Waals surface area (Å²) in [7, 11) is 0. The van der Waals surface area contributed by atoms with Crippen LogP contribution < -0.4 is 10.6 Å². The molecule has 2 heterocycles. The number of aromatic nitrogens is 1. The summed E-state index contributed by atoms with van der Waals surface area (Å²) in [5.41, 5.74) is 7.37. The minimum absolute atomic E-state index is 0. The van der Waals surface area contributed by atoms with Gasteiger partial charge < -0.3 is 28.2 Å². The van der Waals surface area contributed by atoms with Gasteiger partial charge in [0.15, 0.2) is 0 Å².